The number of esters is 1. The van der Waals surface area contributed by atoms with E-state index in [9.17, 15) is 14.4 Å². The van der Waals surface area contributed by atoms with Gasteiger partial charge in [0, 0.05) is 0 Å². The zero-order valence-electron chi connectivity index (χ0n) is 15.2. The van der Waals surface area contributed by atoms with Crippen molar-refractivity contribution in [2.75, 3.05) is 7.11 Å². The van der Waals surface area contributed by atoms with Crippen molar-refractivity contribution in [1.82, 2.24) is 14.9 Å². The molecule has 1 N–H and O–H groups in total. The Labute approximate surface area is 154 Å². The first-order valence-electron chi connectivity index (χ1n) is 8.29. The van der Waals surface area contributed by atoms with Crippen LogP contribution >= 0.6 is 0 Å². The van der Waals surface area contributed by atoms with Gasteiger partial charge in [-0.1, -0.05) is 12.1 Å². The number of fused-ring (bicyclic) bond motifs is 1. The molecule has 8 heteroatoms. The number of furan rings is 1. The second-order valence-electron chi connectivity index (χ2n) is 6.10. The molecule has 1 aromatic carbocycles. The Bertz CT molecular complexity index is 1080. The summed E-state index contributed by atoms with van der Waals surface area (Å²) in [4.78, 5) is 40.6. The molecule has 2 aromatic heterocycles. The lowest BCUT2D eigenvalue weighted by molar-refractivity contribution is -0.122. The third-order valence-corrected chi connectivity index (χ3v) is 4.20. The second-order valence-corrected chi connectivity index (χ2v) is 6.10. The number of nitrogens with zero attached hydrogens (tertiary/aromatic N) is 2. The molecule has 140 valence electrons. The molecule has 2 heterocycles. The Kier molecular flexibility index (Phi) is 5.07. The Morgan fingerprint density at radius 1 is 1.30 bits per heavy atom. The molecule has 0 atom stereocenters. The summed E-state index contributed by atoms with van der Waals surface area (Å²) in [7, 11) is 1.28. The molecule has 0 aliphatic rings. The number of aryl methyl sites for hydroxylation is 2. The van der Waals surface area contributed by atoms with Gasteiger partial charge in [0.05, 0.1) is 30.9 Å². The number of ether oxygens (including phenoxy) is 1. The summed E-state index contributed by atoms with van der Waals surface area (Å²) < 4.78 is 11.4. The summed E-state index contributed by atoms with van der Waals surface area (Å²) in [5.41, 5.74) is 1.56. The molecule has 0 saturated carbocycles. The highest BCUT2D eigenvalue weighted by atomic mass is 16.5. The van der Waals surface area contributed by atoms with E-state index in [0.29, 0.717) is 28.0 Å². The average Bonchev–Trinajstić information content (AvgIpc) is 3.03. The lowest BCUT2D eigenvalue weighted by atomic mass is 10.1. The van der Waals surface area contributed by atoms with E-state index in [4.69, 9.17) is 4.42 Å². The first-order valence-corrected chi connectivity index (χ1v) is 8.29. The zero-order chi connectivity index (χ0) is 19.6. The van der Waals surface area contributed by atoms with Crippen molar-refractivity contribution in [3.8, 4) is 0 Å². The largest absolute Gasteiger partial charge is 0.465 e. The normalized spacial score (nSPS) is 10.8. The number of carbonyl (C=O) groups is 2. The van der Waals surface area contributed by atoms with Crippen molar-refractivity contribution in [3.05, 3.63) is 63.6 Å². The predicted octanol–water partition coefficient (Wildman–Crippen LogP) is 1.71. The van der Waals surface area contributed by atoms with Gasteiger partial charge in [0.25, 0.3) is 5.56 Å². The molecular formula is C19H19N3O5. The van der Waals surface area contributed by atoms with E-state index in [1.54, 1.807) is 19.1 Å². The summed E-state index contributed by atoms with van der Waals surface area (Å²) in [6.07, 6.45) is 1.36. The number of hydrogen-bond donors (Lipinski definition) is 1. The number of rotatable bonds is 5. The van der Waals surface area contributed by atoms with E-state index < -0.39 is 5.97 Å². The molecule has 8 nitrogen and oxygen atoms in total. The quantitative estimate of drug-likeness (QED) is 0.687. The molecule has 0 aliphatic heterocycles. The fourth-order valence-electron chi connectivity index (χ4n) is 2.79. The van der Waals surface area contributed by atoms with Crippen molar-refractivity contribution in [2.24, 2.45) is 0 Å². The molecular weight excluding hydrogens is 350 g/mol. The monoisotopic (exact) mass is 369 g/mol. The number of amides is 1. The number of nitrogens with one attached hydrogen (secondary N) is 1. The lowest BCUT2D eigenvalue weighted by Crippen LogP contribution is -2.32. The number of para-hydroxylation sites is 1. The Morgan fingerprint density at radius 3 is 2.81 bits per heavy atom. The fraction of sp³-hybridized carbons (Fsp3) is 0.263. The summed E-state index contributed by atoms with van der Waals surface area (Å²) in [5.74, 6) is -0.0465. The van der Waals surface area contributed by atoms with Crippen molar-refractivity contribution in [2.45, 2.75) is 26.9 Å². The molecule has 0 spiro atoms. The molecule has 0 unspecified atom stereocenters. The third-order valence-electron chi connectivity index (χ3n) is 4.20. The topological polar surface area (TPSA) is 103 Å². The van der Waals surface area contributed by atoms with Crippen molar-refractivity contribution in [3.63, 3.8) is 0 Å². The Hall–Kier alpha value is -3.42. The van der Waals surface area contributed by atoms with E-state index in [1.165, 1.54) is 24.1 Å². The first kappa shape index (κ1) is 18.4. The van der Waals surface area contributed by atoms with Gasteiger partial charge in [0.15, 0.2) is 0 Å². The summed E-state index contributed by atoms with van der Waals surface area (Å²) in [6, 6.07) is 6.86. The lowest BCUT2D eigenvalue weighted by Gasteiger charge is -2.08. The zero-order valence-corrected chi connectivity index (χ0v) is 15.2. The van der Waals surface area contributed by atoms with E-state index in [2.05, 4.69) is 15.0 Å². The second kappa shape index (κ2) is 7.45. The van der Waals surface area contributed by atoms with Crippen LogP contribution < -0.4 is 10.9 Å². The minimum absolute atomic E-state index is 0.0888. The van der Waals surface area contributed by atoms with Gasteiger partial charge in [-0.05, 0) is 31.5 Å². The molecule has 3 rings (SSSR count). The Morgan fingerprint density at radius 2 is 2.07 bits per heavy atom. The van der Waals surface area contributed by atoms with Crippen LogP contribution in [0.15, 0.2) is 39.8 Å². The van der Waals surface area contributed by atoms with Crippen LogP contribution in [-0.2, 0) is 22.6 Å². The molecule has 0 bridgehead atoms. The number of methoxy groups -OCH3 is 1. The van der Waals surface area contributed by atoms with E-state index >= 15 is 0 Å². The summed E-state index contributed by atoms with van der Waals surface area (Å²) in [5, 5.41) is 3.13. The minimum Gasteiger partial charge on any atom is -0.465 e. The maximum Gasteiger partial charge on any atom is 0.341 e. The number of hydrogen-bond acceptors (Lipinski definition) is 6. The van der Waals surface area contributed by atoms with Gasteiger partial charge in [-0.25, -0.2) is 9.78 Å². The maximum atomic E-state index is 12.5. The van der Waals surface area contributed by atoms with Gasteiger partial charge in [0.2, 0.25) is 5.91 Å². The molecule has 0 fully saturated rings. The molecule has 27 heavy (non-hydrogen) atoms. The molecule has 1 amide bonds. The SMILES string of the molecule is COC(=O)c1cc(CNC(=O)Cn2cnc3c(C)cccc3c2=O)oc1C. The van der Waals surface area contributed by atoms with E-state index in [-0.39, 0.29) is 24.6 Å². The number of carbonyl (C=O) groups excluding carboxylic acids is 2. The van der Waals surface area contributed by atoms with Gasteiger partial charge in [-0.3, -0.25) is 14.2 Å². The highest BCUT2D eigenvalue weighted by Gasteiger charge is 2.16. The average molecular weight is 369 g/mol. The smallest absolute Gasteiger partial charge is 0.341 e. The molecule has 3 aromatic rings. The van der Waals surface area contributed by atoms with Gasteiger partial charge in [-0.2, -0.15) is 0 Å². The van der Waals surface area contributed by atoms with Crippen LogP contribution in [-0.4, -0.2) is 28.5 Å². The van der Waals surface area contributed by atoms with Crippen molar-refractivity contribution >= 4 is 22.8 Å². The van der Waals surface area contributed by atoms with E-state index in [0.717, 1.165) is 5.56 Å². The van der Waals surface area contributed by atoms with Crippen LogP contribution in [0.2, 0.25) is 0 Å². The highest BCUT2D eigenvalue weighted by Crippen LogP contribution is 2.15. The van der Waals surface area contributed by atoms with Crippen molar-refractivity contribution in [1.29, 1.82) is 0 Å². The Balaban J connectivity index is 1.70. The van der Waals surface area contributed by atoms with Gasteiger partial charge >= 0.3 is 5.97 Å². The van der Waals surface area contributed by atoms with Crippen LogP contribution in [0, 0.1) is 13.8 Å². The molecule has 0 aliphatic carbocycles. The van der Waals surface area contributed by atoms with Gasteiger partial charge in [0.1, 0.15) is 23.6 Å². The predicted molar refractivity (Wildman–Crippen MR) is 97.4 cm³/mol. The van der Waals surface area contributed by atoms with Crippen LogP contribution in [0.5, 0.6) is 0 Å². The van der Waals surface area contributed by atoms with E-state index in [1.807, 2.05) is 13.0 Å². The van der Waals surface area contributed by atoms with Crippen LogP contribution in [0.3, 0.4) is 0 Å². The number of aromatic nitrogens is 2. The first-order chi connectivity index (χ1) is 12.9. The van der Waals surface area contributed by atoms with Gasteiger partial charge in [-0.15, -0.1) is 0 Å². The number of benzene rings is 1. The van der Waals surface area contributed by atoms with Crippen LogP contribution in [0.25, 0.3) is 10.9 Å². The third kappa shape index (κ3) is 3.74. The van der Waals surface area contributed by atoms with Crippen molar-refractivity contribution < 1.29 is 18.7 Å². The maximum absolute atomic E-state index is 12.5. The van der Waals surface area contributed by atoms with Crippen LogP contribution in [0.4, 0.5) is 0 Å². The molecule has 0 saturated heterocycles. The van der Waals surface area contributed by atoms with Crippen LogP contribution in [0.1, 0.15) is 27.4 Å². The fourth-order valence-corrected chi connectivity index (χ4v) is 2.79. The summed E-state index contributed by atoms with van der Waals surface area (Å²) in [6.45, 7) is 3.43. The minimum atomic E-state index is -0.502. The highest BCUT2D eigenvalue weighted by molar-refractivity contribution is 5.90. The molecule has 0 radical (unpaired) electrons. The standard InChI is InChI=1S/C19H19N3O5/c1-11-5-4-6-14-17(11)21-10-22(18(14)24)9-16(23)20-8-13-7-15(12(2)27-13)19(25)26-3/h4-7,10H,8-9H2,1-3H3,(H,20,23). The summed E-state index contributed by atoms with van der Waals surface area (Å²) >= 11 is 0. The van der Waals surface area contributed by atoms with Gasteiger partial charge < -0.3 is 14.5 Å².